The van der Waals surface area contributed by atoms with Crippen LogP contribution >= 0.6 is 11.6 Å². The summed E-state index contributed by atoms with van der Waals surface area (Å²) in [7, 11) is 0. The Balaban J connectivity index is 1.82. The highest BCUT2D eigenvalue weighted by atomic mass is 35.5. The zero-order chi connectivity index (χ0) is 11.9. The summed E-state index contributed by atoms with van der Waals surface area (Å²) in [6.07, 6.45) is 6.95. The fourth-order valence-electron chi connectivity index (χ4n) is 3.05. The van der Waals surface area contributed by atoms with Crippen LogP contribution in [0.25, 0.3) is 0 Å². The van der Waals surface area contributed by atoms with E-state index in [2.05, 4.69) is 12.1 Å². The first-order valence-electron chi connectivity index (χ1n) is 6.65. The van der Waals surface area contributed by atoms with Crippen molar-refractivity contribution in [3.8, 4) is 0 Å². The molecular formula is C15H19ClO. The summed E-state index contributed by atoms with van der Waals surface area (Å²) >= 11 is 5.93. The molecule has 0 heterocycles. The van der Waals surface area contributed by atoms with Crippen LogP contribution in [0.15, 0.2) is 24.3 Å². The maximum atomic E-state index is 10.5. The van der Waals surface area contributed by atoms with E-state index in [1.54, 1.807) is 0 Å². The highest BCUT2D eigenvalue weighted by Gasteiger charge is 2.46. The van der Waals surface area contributed by atoms with E-state index in [1.807, 2.05) is 12.1 Å². The highest BCUT2D eigenvalue weighted by Crippen LogP contribution is 2.50. The molecular weight excluding hydrogens is 232 g/mol. The SMILES string of the molecule is O[C@H](CC1CC1)C1(c2ccc(Cl)cc2)CCC1. The van der Waals surface area contributed by atoms with Crippen molar-refractivity contribution in [3.63, 3.8) is 0 Å². The Bertz CT molecular complexity index is 390. The van der Waals surface area contributed by atoms with E-state index in [9.17, 15) is 5.11 Å². The molecule has 0 saturated heterocycles. The first kappa shape index (κ1) is 11.6. The van der Waals surface area contributed by atoms with E-state index in [-0.39, 0.29) is 11.5 Å². The maximum absolute atomic E-state index is 10.5. The largest absolute Gasteiger partial charge is 0.392 e. The second kappa shape index (κ2) is 4.29. The molecule has 1 N–H and O–H groups in total. The van der Waals surface area contributed by atoms with Crippen LogP contribution < -0.4 is 0 Å². The predicted octanol–water partition coefficient (Wildman–Crippen LogP) is 3.92. The average molecular weight is 251 g/mol. The van der Waals surface area contributed by atoms with Gasteiger partial charge in [-0.15, -0.1) is 0 Å². The van der Waals surface area contributed by atoms with Crippen molar-refractivity contribution in [2.24, 2.45) is 5.92 Å². The van der Waals surface area contributed by atoms with Gasteiger partial charge in [0.05, 0.1) is 6.10 Å². The Morgan fingerprint density at radius 1 is 1.24 bits per heavy atom. The molecule has 1 aromatic rings. The van der Waals surface area contributed by atoms with Crippen molar-refractivity contribution < 1.29 is 5.11 Å². The monoisotopic (exact) mass is 250 g/mol. The molecule has 2 aliphatic carbocycles. The van der Waals surface area contributed by atoms with Gasteiger partial charge in [0, 0.05) is 10.4 Å². The number of hydrogen-bond acceptors (Lipinski definition) is 1. The maximum Gasteiger partial charge on any atom is 0.0639 e. The number of aliphatic hydroxyl groups excluding tert-OH is 1. The average Bonchev–Trinajstić information content (AvgIpc) is 3.03. The Kier molecular flexibility index (Phi) is 2.92. The number of rotatable bonds is 4. The Morgan fingerprint density at radius 2 is 1.88 bits per heavy atom. The molecule has 92 valence electrons. The molecule has 1 aromatic carbocycles. The summed E-state index contributed by atoms with van der Waals surface area (Å²) in [5.41, 5.74) is 1.31. The standard InChI is InChI=1S/C15H19ClO/c16-13-6-4-12(5-7-13)15(8-1-9-15)14(17)10-11-2-3-11/h4-7,11,14,17H,1-3,8-10H2/t14-/m1/s1. The lowest BCUT2D eigenvalue weighted by Crippen LogP contribution is -2.45. The van der Waals surface area contributed by atoms with Crippen LogP contribution in [0.4, 0.5) is 0 Å². The van der Waals surface area contributed by atoms with Gasteiger partial charge in [-0.2, -0.15) is 0 Å². The Hall–Kier alpha value is -0.530. The number of halogens is 1. The lowest BCUT2D eigenvalue weighted by atomic mass is 9.60. The lowest BCUT2D eigenvalue weighted by Gasteiger charge is -2.46. The summed E-state index contributed by atoms with van der Waals surface area (Å²) < 4.78 is 0. The minimum Gasteiger partial charge on any atom is -0.392 e. The fourth-order valence-corrected chi connectivity index (χ4v) is 3.17. The van der Waals surface area contributed by atoms with Gasteiger partial charge >= 0.3 is 0 Å². The summed E-state index contributed by atoms with van der Waals surface area (Å²) in [5, 5.41) is 11.3. The topological polar surface area (TPSA) is 20.2 Å². The Labute approximate surface area is 108 Å². The first-order valence-corrected chi connectivity index (χ1v) is 7.03. The number of aliphatic hydroxyl groups is 1. The molecule has 0 bridgehead atoms. The van der Waals surface area contributed by atoms with E-state index >= 15 is 0 Å². The molecule has 0 aliphatic heterocycles. The van der Waals surface area contributed by atoms with Crippen molar-refractivity contribution in [1.82, 2.24) is 0 Å². The van der Waals surface area contributed by atoms with Crippen LogP contribution in [0.1, 0.15) is 44.1 Å². The van der Waals surface area contributed by atoms with Gasteiger partial charge in [0.15, 0.2) is 0 Å². The second-order valence-corrected chi connectivity index (χ2v) is 6.15. The van der Waals surface area contributed by atoms with Crippen LogP contribution in [0.5, 0.6) is 0 Å². The molecule has 17 heavy (non-hydrogen) atoms. The summed E-state index contributed by atoms with van der Waals surface area (Å²) in [5.74, 6) is 0.787. The second-order valence-electron chi connectivity index (χ2n) is 5.71. The third kappa shape index (κ3) is 2.11. The molecule has 0 spiro atoms. The van der Waals surface area contributed by atoms with Gasteiger partial charge in [-0.25, -0.2) is 0 Å². The van der Waals surface area contributed by atoms with Gasteiger partial charge in [-0.3, -0.25) is 0 Å². The van der Waals surface area contributed by atoms with Crippen molar-refractivity contribution in [2.75, 3.05) is 0 Å². The summed E-state index contributed by atoms with van der Waals surface area (Å²) in [6.45, 7) is 0. The Morgan fingerprint density at radius 3 is 2.35 bits per heavy atom. The molecule has 0 radical (unpaired) electrons. The van der Waals surface area contributed by atoms with Gasteiger partial charge < -0.3 is 5.11 Å². The van der Waals surface area contributed by atoms with E-state index < -0.39 is 0 Å². The summed E-state index contributed by atoms with van der Waals surface area (Å²) in [4.78, 5) is 0. The molecule has 2 saturated carbocycles. The van der Waals surface area contributed by atoms with Crippen LogP contribution in [-0.4, -0.2) is 11.2 Å². The van der Waals surface area contributed by atoms with Crippen molar-refractivity contribution >= 4 is 11.6 Å². The van der Waals surface area contributed by atoms with E-state index in [0.29, 0.717) is 0 Å². The highest BCUT2D eigenvalue weighted by molar-refractivity contribution is 6.30. The van der Waals surface area contributed by atoms with E-state index in [4.69, 9.17) is 11.6 Å². The zero-order valence-corrected chi connectivity index (χ0v) is 10.8. The molecule has 0 unspecified atom stereocenters. The zero-order valence-electron chi connectivity index (χ0n) is 10.0. The van der Waals surface area contributed by atoms with Gasteiger partial charge in [0.25, 0.3) is 0 Å². The third-order valence-electron chi connectivity index (χ3n) is 4.56. The van der Waals surface area contributed by atoms with Gasteiger partial charge in [-0.05, 0) is 42.9 Å². The molecule has 3 rings (SSSR count). The number of benzene rings is 1. The normalized spacial score (nSPS) is 24.1. The van der Waals surface area contributed by atoms with Crippen molar-refractivity contribution in [1.29, 1.82) is 0 Å². The quantitative estimate of drug-likeness (QED) is 0.859. The van der Waals surface area contributed by atoms with Crippen molar-refractivity contribution in [3.05, 3.63) is 34.9 Å². The third-order valence-corrected chi connectivity index (χ3v) is 4.81. The van der Waals surface area contributed by atoms with Gasteiger partial charge in [-0.1, -0.05) is 43.0 Å². The minimum absolute atomic E-state index is 0.0349. The van der Waals surface area contributed by atoms with E-state index in [0.717, 1.165) is 30.2 Å². The molecule has 2 aliphatic rings. The molecule has 1 nitrogen and oxygen atoms in total. The number of hydrogen-bond donors (Lipinski definition) is 1. The van der Waals surface area contributed by atoms with Crippen LogP contribution in [-0.2, 0) is 5.41 Å². The van der Waals surface area contributed by atoms with E-state index in [1.165, 1.54) is 24.8 Å². The molecule has 1 atom stereocenters. The van der Waals surface area contributed by atoms with Crippen LogP contribution in [0.3, 0.4) is 0 Å². The van der Waals surface area contributed by atoms with Gasteiger partial charge in [0.1, 0.15) is 0 Å². The van der Waals surface area contributed by atoms with Crippen LogP contribution in [0, 0.1) is 5.92 Å². The summed E-state index contributed by atoms with van der Waals surface area (Å²) in [6, 6.07) is 8.08. The van der Waals surface area contributed by atoms with Crippen molar-refractivity contribution in [2.45, 2.75) is 50.0 Å². The van der Waals surface area contributed by atoms with Gasteiger partial charge in [0.2, 0.25) is 0 Å². The molecule has 2 fully saturated rings. The smallest absolute Gasteiger partial charge is 0.0639 e. The fraction of sp³-hybridized carbons (Fsp3) is 0.600. The molecule has 0 aromatic heterocycles. The first-order chi connectivity index (χ1) is 8.21. The minimum atomic E-state index is -0.162. The molecule has 0 amide bonds. The predicted molar refractivity (Wildman–Crippen MR) is 70.3 cm³/mol. The van der Waals surface area contributed by atoms with Crippen LogP contribution in [0.2, 0.25) is 5.02 Å². The lowest BCUT2D eigenvalue weighted by molar-refractivity contribution is 0.0184. The molecule has 2 heteroatoms.